The van der Waals surface area contributed by atoms with Crippen LogP contribution in [0, 0.1) is 11.3 Å². The molecule has 1 aromatic carbocycles. The fraction of sp³-hybridized carbons (Fsp3) is 0.500. The van der Waals surface area contributed by atoms with E-state index < -0.39 is 0 Å². The zero-order chi connectivity index (χ0) is 13.1. The lowest BCUT2D eigenvalue weighted by atomic mass is 10.0. The van der Waals surface area contributed by atoms with E-state index in [9.17, 15) is 0 Å². The van der Waals surface area contributed by atoms with Gasteiger partial charge in [-0.25, -0.2) is 0 Å². The Labute approximate surface area is 117 Å². The molecule has 1 aliphatic rings. The summed E-state index contributed by atoms with van der Waals surface area (Å²) >= 11 is 3.61. The Morgan fingerprint density at radius 3 is 2.78 bits per heavy atom. The first-order chi connectivity index (χ1) is 8.63. The summed E-state index contributed by atoms with van der Waals surface area (Å²) < 4.78 is 1.10. The maximum atomic E-state index is 9.00. The number of halogens is 1. The number of rotatable bonds is 2. The highest BCUT2D eigenvalue weighted by Crippen LogP contribution is 2.30. The van der Waals surface area contributed by atoms with Gasteiger partial charge < -0.3 is 4.90 Å². The molecule has 1 aromatic rings. The van der Waals surface area contributed by atoms with Crippen LogP contribution < -0.4 is 4.90 Å². The summed E-state index contributed by atoms with van der Waals surface area (Å²) in [6.45, 7) is 4.13. The van der Waals surface area contributed by atoms with E-state index in [1.807, 2.05) is 12.1 Å². The summed E-state index contributed by atoms with van der Waals surface area (Å²) in [5.41, 5.74) is 1.19. The standard InChI is InChI=1S/C14H18BrN3/c1-11-9-18(12(7-8-16)10-17(11)2)14-6-4-3-5-13(14)15/h3-6,11-12H,7,9-10H2,1-2H3. The molecule has 3 nitrogen and oxygen atoms in total. The first-order valence-corrected chi connectivity index (χ1v) is 7.01. The molecule has 0 bridgehead atoms. The lowest BCUT2D eigenvalue weighted by molar-refractivity contribution is 0.200. The van der Waals surface area contributed by atoms with Crippen molar-refractivity contribution in [2.75, 3.05) is 25.0 Å². The first kappa shape index (κ1) is 13.4. The van der Waals surface area contributed by atoms with Gasteiger partial charge in [0.25, 0.3) is 0 Å². The quantitative estimate of drug-likeness (QED) is 0.841. The average molecular weight is 308 g/mol. The van der Waals surface area contributed by atoms with Gasteiger partial charge in [-0.15, -0.1) is 0 Å². The van der Waals surface area contributed by atoms with Crippen molar-refractivity contribution in [2.24, 2.45) is 0 Å². The highest BCUT2D eigenvalue weighted by molar-refractivity contribution is 9.10. The molecule has 96 valence electrons. The Morgan fingerprint density at radius 1 is 1.39 bits per heavy atom. The van der Waals surface area contributed by atoms with Crippen molar-refractivity contribution in [3.05, 3.63) is 28.7 Å². The fourth-order valence-electron chi connectivity index (χ4n) is 2.44. The third-order valence-corrected chi connectivity index (χ3v) is 4.31. The van der Waals surface area contributed by atoms with Gasteiger partial charge in [0.1, 0.15) is 0 Å². The number of likely N-dealkylation sites (N-methyl/N-ethyl adjacent to an activating group) is 1. The summed E-state index contributed by atoms with van der Waals surface area (Å²) in [6, 6.07) is 11.3. The fourth-order valence-corrected chi connectivity index (χ4v) is 2.96. The van der Waals surface area contributed by atoms with Crippen molar-refractivity contribution in [3.8, 4) is 6.07 Å². The van der Waals surface area contributed by atoms with Gasteiger partial charge in [0.05, 0.1) is 24.2 Å². The molecular formula is C14H18BrN3. The molecule has 0 N–H and O–H groups in total. The Kier molecular flexibility index (Phi) is 4.26. The van der Waals surface area contributed by atoms with Crippen molar-refractivity contribution < 1.29 is 0 Å². The van der Waals surface area contributed by atoms with Crippen molar-refractivity contribution in [3.63, 3.8) is 0 Å². The molecule has 2 unspecified atom stereocenters. The van der Waals surface area contributed by atoms with Gasteiger partial charge in [-0.1, -0.05) is 12.1 Å². The van der Waals surface area contributed by atoms with Crippen LogP contribution in [-0.4, -0.2) is 37.1 Å². The highest BCUT2D eigenvalue weighted by Gasteiger charge is 2.30. The number of para-hydroxylation sites is 1. The number of anilines is 1. The molecule has 0 radical (unpaired) electrons. The van der Waals surface area contributed by atoms with Gasteiger partial charge >= 0.3 is 0 Å². The van der Waals surface area contributed by atoms with Gasteiger partial charge in [0, 0.05) is 23.6 Å². The van der Waals surface area contributed by atoms with E-state index in [0.717, 1.165) is 17.6 Å². The maximum Gasteiger partial charge on any atom is 0.0643 e. The Bertz CT molecular complexity index is 455. The van der Waals surface area contributed by atoms with E-state index in [0.29, 0.717) is 12.5 Å². The topological polar surface area (TPSA) is 30.3 Å². The Hall–Kier alpha value is -1.05. The molecule has 0 spiro atoms. The van der Waals surface area contributed by atoms with E-state index in [-0.39, 0.29) is 6.04 Å². The third kappa shape index (κ3) is 2.68. The van der Waals surface area contributed by atoms with E-state index in [1.54, 1.807) is 0 Å². The zero-order valence-electron chi connectivity index (χ0n) is 10.8. The predicted octanol–water partition coefficient (Wildman–Crippen LogP) is 2.87. The molecule has 2 rings (SSSR count). The largest absolute Gasteiger partial charge is 0.364 e. The smallest absolute Gasteiger partial charge is 0.0643 e. The third-order valence-electron chi connectivity index (χ3n) is 3.64. The number of hydrogen-bond acceptors (Lipinski definition) is 3. The van der Waals surface area contributed by atoms with Crippen LogP contribution in [0.1, 0.15) is 13.3 Å². The second kappa shape index (κ2) is 5.73. The molecule has 4 heteroatoms. The van der Waals surface area contributed by atoms with E-state index in [1.165, 1.54) is 5.69 Å². The summed E-state index contributed by atoms with van der Waals surface area (Å²) in [4.78, 5) is 4.69. The van der Waals surface area contributed by atoms with Crippen molar-refractivity contribution >= 4 is 21.6 Å². The number of hydrogen-bond donors (Lipinski definition) is 0. The highest BCUT2D eigenvalue weighted by atomic mass is 79.9. The monoisotopic (exact) mass is 307 g/mol. The Balaban J connectivity index is 2.28. The van der Waals surface area contributed by atoms with Crippen LogP contribution >= 0.6 is 15.9 Å². The lowest BCUT2D eigenvalue weighted by Gasteiger charge is -2.44. The second-order valence-corrected chi connectivity index (χ2v) is 5.76. The van der Waals surface area contributed by atoms with E-state index >= 15 is 0 Å². The SMILES string of the molecule is CC1CN(c2ccccc2Br)C(CC#N)CN1C. The van der Waals surface area contributed by atoms with Crippen LogP contribution in [-0.2, 0) is 0 Å². The van der Waals surface area contributed by atoms with Gasteiger partial charge in [-0.2, -0.15) is 5.26 Å². The number of benzene rings is 1. The molecule has 0 saturated carbocycles. The molecular weight excluding hydrogens is 290 g/mol. The Morgan fingerprint density at radius 2 is 2.11 bits per heavy atom. The van der Waals surface area contributed by atoms with Crippen LogP contribution in [0.2, 0.25) is 0 Å². The molecule has 0 amide bonds. The molecule has 1 fully saturated rings. The first-order valence-electron chi connectivity index (χ1n) is 6.22. The average Bonchev–Trinajstić information content (AvgIpc) is 2.35. The maximum absolute atomic E-state index is 9.00. The molecule has 18 heavy (non-hydrogen) atoms. The van der Waals surface area contributed by atoms with Gasteiger partial charge in [0.15, 0.2) is 0 Å². The van der Waals surface area contributed by atoms with Crippen molar-refractivity contribution in [2.45, 2.75) is 25.4 Å². The lowest BCUT2D eigenvalue weighted by Crippen LogP contribution is -2.56. The number of nitriles is 1. The van der Waals surface area contributed by atoms with Crippen LogP contribution in [0.15, 0.2) is 28.7 Å². The number of piperazine rings is 1. The van der Waals surface area contributed by atoms with Crippen LogP contribution in [0.5, 0.6) is 0 Å². The molecule has 1 heterocycles. The minimum Gasteiger partial charge on any atom is -0.364 e. The molecule has 0 aromatic heterocycles. The second-order valence-electron chi connectivity index (χ2n) is 4.91. The summed E-state index contributed by atoms with van der Waals surface area (Å²) in [7, 11) is 2.13. The molecule has 1 saturated heterocycles. The molecule has 0 aliphatic carbocycles. The minimum absolute atomic E-state index is 0.273. The molecule has 1 aliphatic heterocycles. The zero-order valence-corrected chi connectivity index (χ0v) is 12.4. The van der Waals surface area contributed by atoms with Crippen LogP contribution in [0.25, 0.3) is 0 Å². The van der Waals surface area contributed by atoms with Gasteiger partial charge in [-0.3, -0.25) is 4.90 Å². The van der Waals surface area contributed by atoms with E-state index in [2.05, 4.69) is 57.9 Å². The summed E-state index contributed by atoms with van der Waals surface area (Å²) in [5.74, 6) is 0. The van der Waals surface area contributed by atoms with Crippen LogP contribution in [0.4, 0.5) is 5.69 Å². The van der Waals surface area contributed by atoms with Gasteiger partial charge in [0.2, 0.25) is 0 Å². The van der Waals surface area contributed by atoms with Crippen LogP contribution in [0.3, 0.4) is 0 Å². The minimum atomic E-state index is 0.273. The summed E-state index contributed by atoms with van der Waals surface area (Å²) in [6.07, 6.45) is 0.568. The van der Waals surface area contributed by atoms with Crippen molar-refractivity contribution in [1.29, 1.82) is 5.26 Å². The predicted molar refractivity (Wildman–Crippen MR) is 77.6 cm³/mol. The molecule has 2 atom stereocenters. The van der Waals surface area contributed by atoms with Gasteiger partial charge in [-0.05, 0) is 42.0 Å². The van der Waals surface area contributed by atoms with Crippen molar-refractivity contribution in [1.82, 2.24) is 4.90 Å². The van der Waals surface area contributed by atoms with E-state index in [4.69, 9.17) is 5.26 Å². The number of nitrogens with zero attached hydrogens (tertiary/aromatic N) is 3. The summed E-state index contributed by atoms with van der Waals surface area (Å²) in [5, 5.41) is 9.00. The normalized spacial score (nSPS) is 24.9.